The summed E-state index contributed by atoms with van der Waals surface area (Å²) in [7, 11) is 0. The van der Waals surface area contributed by atoms with Crippen molar-refractivity contribution in [2.75, 3.05) is 6.61 Å². The van der Waals surface area contributed by atoms with E-state index in [9.17, 15) is 4.79 Å². The smallest absolute Gasteiger partial charge is 0.282 e. The summed E-state index contributed by atoms with van der Waals surface area (Å²) >= 11 is 6.89. The quantitative estimate of drug-likeness (QED) is 0.323. The molecule has 5 nitrogen and oxygen atoms in total. The van der Waals surface area contributed by atoms with Crippen LogP contribution >= 0.6 is 31.9 Å². The summed E-state index contributed by atoms with van der Waals surface area (Å²) < 4.78 is 8.77. The molecular weight excluding hydrogens is 498 g/mol. The fourth-order valence-corrected chi connectivity index (χ4v) is 3.50. The van der Waals surface area contributed by atoms with E-state index < -0.39 is 0 Å². The molecule has 0 aliphatic carbocycles. The molecule has 1 heterocycles. The highest BCUT2D eigenvalue weighted by atomic mass is 79.9. The Labute approximate surface area is 186 Å². The van der Waals surface area contributed by atoms with Crippen LogP contribution in [0.3, 0.4) is 0 Å². The number of benzene rings is 2. The monoisotopic (exact) mass is 517 g/mol. The fourth-order valence-electron chi connectivity index (χ4n) is 2.76. The average Bonchev–Trinajstić information content (AvgIpc) is 2.66. The summed E-state index contributed by atoms with van der Waals surface area (Å²) in [6, 6.07) is 11.1. The second kappa shape index (κ2) is 8.63. The Morgan fingerprint density at radius 1 is 1.17 bits per heavy atom. The Hall–Kier alpha value is -2.25. The Balaban J connectivity index is 2.19. The van der Waals surface area contributed by atoms with Crippen molar-refractivity contribution >= 4 is 49.0 Å². The van der Waals surface area contributed by atoms with E-state index in [0.29, 0.717) is 29.1 Å². The molecule has 150 valence electrons. The van der Waals surface area contributed by atoms with Crippen molar-refractivity contribution in [1.82, 2.24) is 9.66 Å². The Kier molecular flexibility index (Phi) is 6.39. The molecule has 0 spiro atoms. The third kappa shape index (κ3) is 4.85. The molecule has 0 bridgehead atoms. The highest BCUT2D eigenvalue weighted by Gasteiger charge is 2.23. The molecule has 1 aromatic heterocycles. The molecule has 0 amide bonds. The van der Waals surface area contributed by atoms with Gasteiger partial charge in [-0.2, -0.15) is 9.78 Å². The van der Waals surface area contributed by atoms with Crippen molar-refractivity contribution in [3.63, 3.8) is 0 Å². The van der Waals surface area contributed by atoms with E-state index in [1.165, 1.54) is 4.68 Å². The van der Waals surface area contributed by atoms with E-state index in [4.69, 9.17) is 9.72 Å². The van der Waals surface area contributed by atoms with Crippen LogP contribution in [0.4, 0.5) is 0 Å². The van der Waals surface area contributed by atoms with Crippen LogP contribution in [0.5, 0.6) is 5.75 Å². The average molecular weight is 519 g/mol. The normalized spacial score (nSPS) is 11.9. The minimum absolute atomic E-state index is 0.221. The van der Waals surface area contributed by atoms with Gasteiger partial charge in [-0.05, 0) is 36.4 Å². The largest absolute Gasteiger partial charge is 0.489 e. The first kappa shape index (κ1) is 21.5. The molecule has 3 rings (SSSR count). The number of halogens is 2. The van der Waals surface area contributed by atoms with Crippen molar-refractivity contribution in [2.45, 2.75) is 26.2 Å². The van der Waals surface area contributed by atoms with Gasteiger partial charge in [-0.25, -0.2) is 4.98 Å². The maximum absolute atomic E-state index is 13.2. The van der Waals surface area contributed by atoms with E-state index in [-0.39, 0.29) is 11.0 Å². The number of fused-ring (bicyclic) bond motifs is 1. The zero-order valence-corrected chi connectivity index (χ0v) is 19.6. The lowest BCUT2D eigenvalue weighted by Gasteiger charge is -2.21. The van der Waals surface area contributed by atoms with Crippen LogP contribution in [0.25, 0.3) is 10.9 Å². The van der Waals surface area contributed by atoms with Crippen molar-refractivity contribution in [2.24, 2.45) is 5.10 Å². The van der Waals surface area contributed by atoms with Gasteiger partial charge in [0, 0.05) is 19.9 Å². The summed E-state index contributed by atoms with van der Waals surface area (Å²) in [5.41, 5.74) is 0.785. The molecule has 3 aromatic rings. The van der Waals surface area contributed by atoms with Crippen LogP contribution in [0.15, 0.2) is 67.9 Å². The Morgan fingerprint density at radius 3 is 2.55 bits per heavy atom. The first-order valence-corrected chi connectivity index (χ1v) is 10.6. The van der Waals surface area contributed by atoms with Gasteiger partial charge in [-0.1, -0.05) is 65.3 Å². The van der Waals surface area contributed by atoms with E-state index in [1.54, 1.807) is 18.4 Å². The molecule has 0 unspecified atom stereocenters. The second-order valence-corrected chi connectivity index (χ2v) is 9.32. The van der Waals surface area contributed by atoms with Gasteiger partial charge in [0.2, 0.25) is 0 Å². The van der Waals surface area contributed by atoms with Crippen LogP contribution < -0.4 is 10.3 Å². The van der Waals surface area contributed by atoms with Crippen LogP contribution in [0, 0.1) is 0 Å². The summed E-state index contributed by atoms with van der Waals surface area (Å²) in [6.45, 7) is 10.1. The topological polar surface area (TPSA) is 56.5 Å². The maximum atomic E-state index is 13.2. The number of hydrogen-bond acceptors (Lipinski definition) is 4. The molecule has 0 saturated heterocycles. The predicted octanol–water partition coefficient (Wildman–Crippen LogP) is 5.67. The lowest BCUT2D eigenvalue weighted by atomic mass is 9.95. The summed E-state index contributed by atoms with van der Waals surface area (Å²) in [4.78, 5) is 18.0. The molecule has 7 heteroatoms. The highest BCUT2D eigenvalue weighted by molar-refractivity contribution is 9.10. The van der Waals surface area contributed by atoms with Crippen LogP contribution in [-0.2, 0) is 5.41 Å². The summed E-state index contributed by atoms with van der Waals surface area (Å²) in [5.74, 6) is 1.23. The molecule has 0 N–H and O–H groups in total. The SMILES string of the molecule is C=CCOc1ccc(Br)cc1C=Nn1c(C(C)(C)C)nc2ccc(Br)cc2c1=O. The molecule has 29 heavy (non-hydrogen) atoms. The zero-order valence-electron chi connectivity index (χ0n) is 16.4. The number of nitrogens with zero attached hydrogens (tertiary/aromatic N) is 3. The number of aromatic nitrogens is 2. The number of hydrogen-bond donors (Lipinski definition) is 0. The van der Waals surface area contributed by atoms with Gasteiger partial charge < -0.3 is 4.74 Å². The van der Waals surface area contributed by atoms with Gasteiger partial charge in [0.1, 0.15) is 18.2 Å². The first-order valence-electron chi connectivity index (χ1n) is 9.01. The van der Waals surface area contributed by atoms with Gasteiger partial charge >= 0.3 is 0 Å². The molecule has 0 radical (unpaired) electrons. The Morgan fingerprint density at radius 2 is 1.86 bits per heavy atom. The van der Waals surface area contributed by atoms with Crippen LogP contribution in [0.1, 0.15) is 32.2 Å². The fraction of sp³-hybridized carbons (Fsp3) is 0.227. The highest BCUT2D eigenvalue weighted by Crippen LogP contribution is 2.24. The van der Waals surface area contributed by atoms with Crippen LogP contribution in [0.2, 0.25) is 0 Å². The van der Waals surface area contributed by atoms with Gasteiger partial charge in [-0.3, -0.25) is 4.79 Å². The molecule has 0 atom stereocenters. The molecule has 0 fully saturated rings. The third-order valence-electron chi connectivity index (χ3n) is 4.12. The second-order valence-electron chi connectivity index (χ2n) is 7.49. The summed E-state index contributed by atoms with van der Waals surface area (Å²) in [5, 5.41) is 5.01. The van der Waals surface area contributed by atoms with Crippen molar-refractivity contribution in [1.29, 1.82) is 0 Å². The molecule has 0 saturated carbocycles. The lowest BCUT2D eigenvalue weighted by molar-refractivity contribution is 0.362. The van der Waals surface area contributed by atoms with Gasteiger partial charge in [0.25, 0.3) is 5.56 Å². The minimum atomic E-state index is -0.378. The van der Waals surface area contributed by atoms with E-state index in [1.807, 2.05) is 51.1 Å². The maximum Gasteiger partial charge on any atom is 0.282 e. The number of rotatable bonds is 5. The molecule has 0 aliphatic rings. The predicted molar refractivity (Wildman–Crippen MR) is 125 cm³/mol. The molecule has 2 aromatic carbocycles. The Bertz CT molecular complexity index is 1160. The minimum Gasteiger partial charge on any atom is -0.489 e. The van der Waals surface area contributed by atoms with Crippen molar-refractivity contribution in [3.8, 4) is 5.75 Å². The van der Waals surface area contributed by atoms with E-state index in [2.05, 4.69) is 43.5 Å². The molecule has 0 aliphatic heterocycles. The van der Waals surface area contributed by atoms with Crippen LogP contribution in [-0.4, -0.2) is 22.5 Å². The van der Waals surface area contributed by atoms with E-state index in [0.717, 1.165) is 14.5 Å². The van der Waals surface area contributed by atoms with Gasteiger partial charge in [-0.15, -0.1) is 0 Å². The third-order valence-corrected chi connectivity index (χ3v) is 5.11. The number of ether oxygens (including phenoxy) is 1. The van der Waals surface area contributed by atoms with Gasteiger partial charge in [0.05, 0.1) is 17.1 Å². The van der Waals surface area contributed by atoms with Crippen molar-refractivity contribution < 1.29 is 4.74 Å². The standard InChI is InChI=1S/C22H21Br2N3O2/c1-5-10-29-19-9-7-15(23)11-14(19)13-25-27-20(28)17-12-16(24)6-8-18(17)26-21(27)22(2,3)4/h5-9,11-13H,1,10H2,2-4H3. The summed E-state index contributed by atoms with van der Waals surface area (Å²) in [6.07, 6.45) is 3.29. The lowest BCUT2D eigenvalue weighted by Crippen LogP contribution is -2.29. The van der Waals surface area contributed by atoms with Crippen molar-refractivity contribution in [3.05, 3.63) is 79.7 Å². The molecular formula is C22H21Br2N3O2. The first-order chi connectivity index (χ1) is 13.7. The van der Waals surface area contributed by atoms with Gasteiger partial charge in [0.15, 0.2) is 0 Å². The zero-order chi connectivity index (χ0) is 21.2. The van der Waals surface area contributed by atoms with E-state index >= 15 is 0 Å².